The number of pyridine rings is 2. The van der Waals surface area contributed by atoms with Gasteiger partial charge in [0.2, 0.25) is 10.9 Å². The van der Waals surface area contributed by atoms with Gasteiger partial charge in [-0.25, -0.2) is 15.0 Å². The normalized spacial score (nSPS) is 13.9. The van der Waals surface area contributed by atoms with Gasteiger partial charge < -0.3 is 11.1 Å². The smallest absolute Gasteiger partial charge is 0.249 e. The van der Waals surface area contributed by atoms with Crippen LogP contribution in [0.4, 0.5) is 11.5 Å². The van der Waals surface area contributed by atoms with Gasteiger partial charge in [0.15, 0.2) is 11.5 Å². The average Bonchev–Trinajstić information content (AvgIpc) is 3.49. The van der Waals surface area contributed by atoms with Crippen LogP contribution in [-0.2, 0) is 13.0 Å². The summed E-state index contributed by atoms with van der Waals surface area (Å²) in [5.41, 5.74) is 13.1. The number of hydrogen-bond acceptors (Lipinski definition) is 8. The van der Waals surface area contributed by atoms with Crippen LogP contribution in [0.15, 0.2) is 94.6 Å². The second kappa shape index (κ2) is 13.5. The summed E-state index contributed by atoms with van der Waals surface area (Å²) < 4.78 is 2.06. The zero-order valence-electron chi connectivity index (χ0n) is 26.5. The molecule has 1 aliphatic heterocycles. The number of aromatic nitrogens is 4. The number of anilines is 2. The molecule has 0 bridgehead atoms. The minimum absolute atomic E-state index is 0.211. The molecular formula is C37H39N7O2. The Labute approximate surface area is 268 Å². The van der Waals surface area contributed by atoms with Crippen LogP contribution in [0.2, 0.25) is 0 Å². The number of nitrogens with zero attached hydrogens (tertiary/aromatic N) is 5. The molecule has 0 spiro atoms. The first-order chi connectivity index (χ1) is 22.5. The third-order valence-electron chi connectivity index (χ3n) is 8.55. The summed E-state index contributed by atoms with van der Waals surface area (Å²) in [5, 5.41) is 3.35. The maximum absolute atomic E-state index is 12.0. The van der Waals surface area contributed by atoms with Crippen molar-refractivity contribution in [3.63, 3.8) is 0 Å². The minimum Gasteiger partial charge on any atom is -0.383 e. The van der Waals surface area contributed by atoms with Crippen LogP contribution in [0.3, 0.4) is 0 Å². The molecule has 1 aliphatic rings. The fraction of sp³-hybridized carbons (Fsp3) is 0.270. The van der Waals surface area contributed by atoms with Crippen molar-refractivity contribution >= 4 is 22.7 Å². The number of imidazole rings is 1. The number of benzene rings is 2. The van der Waals surface area contributed by atoms with Crippen LogP contribution in [0.1, 0.15) is 44.7 Å². The lowest BCUT2D eigenvalue weighted by molar-refractivity contribution is 0.211. The molecule has 6 aromatic rings. The Morgan fingerprint density at radius 1 is 0.870 bits per heavy atom. The Balaban J connectivity index is 0.00000182. The van der Waals surface area contributed by atoms with Crippen LogP contribution in [0.25, 0.3) is 39.5 Å². The standard InChI is InChI=1S/C35H33N7O2.C2H6/c1-2-26-30(32(44)31(26)43)38-24-16-19-41(20-17-24)21-22-10-12-25(13-11-22)42-34(27-9-6-18-37-33(27)36)40-29-15-14-28(39-35(29)42)23-7-4-3-5-8-23;1-2/h3-15,18,24,38H,2,16-17,19-21H2,1H3,(H2,36,37);1-2H3. The van der Waals surface area contributed by atoms with E-state index >= 15 is 0 Å². The lowest BCUT2D eigenvalue weighted by atomic mass is 10.00. The molecule has 3 N–H and O–H groups in total. The molecule has 0 atom stereocenters. The summed E-state index contributed by atoms with van der Waals surface area (Å²) in [4.78, 5) is 40.5. The molecule has 1 fully saturated rings. The highest BCUT2D eigenvalue weighted by Crippen LogP contribution is 2.32. The lowest BCUT2D eigenvalue weighted by Gasteiger charge is -2.33. The van der Waals surface area contributed by atoms with E-state index < -0.39 is 0 Å². The number of nitrogen functional groups attached to an aromatic ring is 1. The van der Waals surface area contributed by atoms with Gasteiger partial charge in [-0.05, 0) is 61.2 Å². The number of hydrogen-bond donors (Lipinski definition) is 2. The molecule has 46 heavy (non-hydrogen) atoms. The van der Waals surface area contributed by atoms with E-state index in [1.54, 1.807) is 6.20 Å². The zero-order chi connectivity index (χ0) is 32.2. The molecule has 0 unspecified atom stereocenters. The van der Waals surface area contributed by atoms with Gasteiger partial charge in [0.1, 0.15) is 11.3 Å². The number of nitrogens with one attached hydrogen (secondary N) is 1. The predicted octanol–water partition coefficient (Wildman–Crippen LogP) is 5.99. The molecule has 0 radical (unpaired) electrons. The SMILES string of the molecule is CC.CCc1c(NC2CCN(Cc3ccc(-n4c(-c5cccnc5N)nc5ccc(-c6ccccc6)nc54)cc3)CC2)c(=O)c1=O. The molecule has 234 valence electrons. The van der Waals surface area contributed by atoms with Crippen LogP contribution < -0.4 is 21.9 Å². The molecule has 9 heteroatoms. The Morgan fingerprint density at radius 2 is 1.61 bits per heavy atom. The van der Waals surface area contributed by atoms with Crippen LogP contribution in [0, 0.1) is 0 Å². The lowest BCUT2D eigenvalue weighted by Crippen LogP contribution is -2.44. The second-order valence-electron chi connectivity index (χ2n) is 11.3. The molecule has 0 saturated carbocycles. The van der Waals surface area contributed by atoms with Crippen molar-refractivity contribution < 1.29 is 0 Å². The average molecular weight is 614 g/mol. The largest absolute Gasteiger partial charge is 0.383 e. The Bertz CT molecular complexity index is 2020. The maximum Gasteiger partial charge on any atom is 0.249 e. The van der Waals surface area contributed by atoms with Gasteiger partial charge in [-0.15, -0.1) is 0 Å². The third kappa shape index (κ3) is 5.93. The van der Waals surface area contributed by atoms with Crippen molar-refractivity contribution in [3.05, 3.63) is 117 Å². The topological polar surface area (TPSA) is 119 Å². The van der Waals surface area contributed by atoms with E-state index in [0.717, 1.165) is 66.1 Å². The summed E-state index contributed by atoms with van der Waals surface area (Å²) in [6, 6.07) is 26.6. The molecule has 3 aromatic carbocycles. The molecule has 0 aliphatic carbocycles. The fourth-order valence-electron chi connectivity index (χ4n) is 6.14. The van der Waals surface area contributed by atoms with E-state index in [1.165, 1.54) is 5.56 Å². The summed E-state index contributed by atoms with van der Waals surface area (Å²) in [6.07, 6.45) is 4.12. The van der Waals surface area contributed by atoms with Crippen LogP contribution in [0.5, 0.6) is 0 Å². The van der Waals surface area contributed by atoms with Crippen LogP contribution >= 0.6 is 0 Å². The van der Waals surface area contributed by atoms with Gasteiger partial charge in [-0.3, -0.25) is 19.1 Å². The van der Waals surface area contributed by atoms with Gasteiger partial charge in [-0.2, -0.15) is 0 Å². The maximum atomic E-state index is 12.0. The van der Waals surface area contributed by atoms with Crippen molar-refractivity contribution in [3.8, 4) is 28.3 Å². The highest BCUT2D eigenvalue weighted by atomic mass is 16.2. The Hall–Kier alpha value is -5.15. The van der Waals surface area contributed by atoms with E-state index in [-0.39, 0.29) is 16.9 Å². The molecule has 0 amide bonds. The highest BCUT2D eigenvalue weighted by molar-refractivity contribution is 5.84. The van der Waals surface area contributed by atoms with Gasteiger partial charge in [-0.1, -0.05) is 63.2 Å². The summed E-state index contributed by atoms with van der Waals surface area (Å²) in [5.74, 6) is 1.11. The van der Waals surface area contributed by atoms with Crippen LogP contribution in [-0.4, -0.2) is 43.6 Å². The van der Waals surface area contributed by atoms with Gasteiger partial charge in [0, 0.05) is 48.7 Å². The first kappa shape index (κ1) is 30.9. The van der Waals surface area contributed by atoms with Crippen molar-refractivity contribution in [1.82, 2.24) is 24.4 Å². The van der Waals surface area contributed by atoms with Crippen molar-refractivity contribution in [2.75, 3.05) is 24.1 Å². The monoisotopic (exact) mass is 613 g/mol. The zero-order valence-corrected chi connectivity index (χ0v) is 26.5. The number of rotatable bonds is 8. The number of fused-ring (bicyclic) bond motifs is 1. The first-order valence-electron chi connectivity index (χ1n) is 16.1. The third-order valence-corrected chi connectivity index (χ3v) is 8.55. The van der Waals surface area contributed by atoms with E-state index in [2.05, 4.69) is 56.2 Å². The van der Waals surface area contributed by atoms with E-state index in [1.807, 2.05) is 63.2 Å². The van der Waals surface area contributed by atoms with Crippen molar-refractivity contribution in [2.45, 2.75) is 52.6 Å². The molecule has 4 heterocycles. The van der Waals surface area contributed by atoms with E-state index in [4.69, 9.17) is 15.7 Å². The molecule has 3 aromatic heterocycles. The van der Waals surface area contributed by atoms with Gasteiger partial charge in [0.25, 0.3) is 0 Å². The second-order valence-corrected chi connectivity index (χ2v) is 11.3. The number of likely N-dealkylation sites (tertiary alicyclic amines) is 1. The summed E-state index contributed by atoms with van der Waals surface area (Å²) in [7, 11) is 0. The number of piperidine rings is 1. The molecule has 1 saturated heterocycles. The Kier molecular flexibility index (Phi) is 9.03. The predicted molar refractivity (Wildman–Crippen MR) is 186 cm³/mol. The minimum atomic E-state index is -0.365. The highest BCUT2D eigenvalue weighted by Gasteiger charge is 2.25. The summed E-state index contributed by atoms with van der Waals surface area (Å²) in [6.45, 7) is 8.58. The first-order valence-corrected chi connectivity index (χ1v) is 16.1. The fourth-order valence-corrected chi connectivity index (χ4v) is 6.14. The Morgan fingerprint density at radius 3 is 2.30 bits per heavy atom. The van der Waals surface area contributed by atoms with Gasteiger partial charge in [0.05, 0.1) is 16.9 Å². The number of nitrogens with two attached hydrogens (primary N) is 1. The quantitative estimate of drug-likeness (QED) is 0.201. The van der Waals surface area contributed by atoms with Crippen molar-refractivity contribution in [1.29, 1.82) is 0 Å². The van der Waals surface area contributed by atoms with Crippen molar-refractivity contribution in [2.24, 2.45) is 0 Å². The van der Waals surface area contributed by atoms with E-state index in [9.17, 15) is 9.59 Å². The van der Waals surface area contributed by atoms with Gasteiger partial charge >= 0.3 is 0 Å². The summed E-state index contributed by atoms with van der Waals surface area (Å²) >= 11 is 0. The van der Waals surface area contributed by atoms with E-state index in [0.29, 0.717) is 29.3 Å². The molecule has 7 rings (SSSR count). The molecular weight excluding hydrogens is 574 g/mol. The molecule has 9 nitrogen and oxygen atoms in total.